The van der Waals surface area contributed by atoms with E-state index in [2.05, 4.69) is 0 Å². The molecule has 0 spiro atoms. The number of methoxy groups -OCH3 is 2. The van der Waals surface area contributed by atoms with Crippen LogP contribution in [-0.2, 0) is 19.4 Å². The predicted molar refractivity (Wildman–Crippen MR) is 92.8 cm³/mol. The van der Waals surface area contributed by atoms with Crippen molar-refractivity contribution in [2.75, 3.05) is 39.7 Å². The number of amides is 1. The Bertz CT molecular complexity index is 729. The number of ether oxygens (including phenoxy) is 3. The lowest BCUT2D eigenvalue weighted by Gasteiger charge is -2.42. The summed E-state index contributed by atoms with van der Waals surface area (Å²) in [5.74, 6) is 0.350. The van der Waals surface area contributed by atoms with Crippen molar-refractivity contribution >= 4 is 15.7 Å². The van der Waals surface area contributed by atoms with E-state index in [0.29, 0.717) is 31.3 Å². The van der Waals surface area contributed by atoms with E-state index >= 15 is 0 Å². The van der Waals surface area contributed by atoms with Gasteiger partial charge in [0.1, 0.15) is 0 Å². The van der Waals surface area contributed by atoms with Crippen LogP contribution in [0.25, 0.3) is 0 Å². The zero-order valence-corrected chi connectivity index (χ0v) is 15.9. The Kier molecular flexibility index (Phi) is 5.95. The van der Waals surface area contributed by atoms with Crippen LogP contribution in [0.5, 0.6) is 11.5 Å². The lowest BCUT2D eigenvalue weighted by Crippen LogP contribution is -2.55. The van der Waals surface area contributed by atoms with E-state index in [9.17, 15) is 13.2 Å². The Morgan fingerprint density at radius 3 is 2.52 bits per heavy atom. The third-order valence-electron chi connectivity index (χ3n) is 4.25. The predicted octanol–water partition coefficient (Wildman–Crippen LogP) is 1.50. The van der Waals surface area contributed by atoms with Gasteiger partial charge in [0.05, 0.1) is 43.6 Å². The molecule has 1 aromatic carbocycles. The first-order chi connectivity index (χ1) is 11.7. The van der Waals surface area contributed by atoms with Gasteiger partial charge in [-0.3, -0.25) is 4.79 Å². The van der Waals surface area contributed by atoms with Crippen molar-refractivity contribution in [2.24, 2.45) is 0 Å². The number of sulfone groups is 1. The molecule has 0 unspecified atom stereocenters. The van der Waals surface area contributed by atoms with Gasteiger partial charge in [0.15, 0.2) is 21.3 Å². The molecule has 0 bridgehead atoms. The normalized spacial score (nSPS) is 17.2. The lowest BCUT2D eigenvalue weighted by atomic mass is 10.0. The number of carbonyl (C=O) groups excluding carboxylic acids is 1. The average Bonchev–Trinajstić information content (AvgIpc) is 2.58. The van der Waals surface area contributed by atoms with Gasteiger partial charge in [-0.1, -0.05) is 0 Å². The Morgan fingerprint density at radius 2 is 1.92 bits per heavy atom. The number of hydrogen-bond donors (Lipinski definition) is 0. The highest BCUT2D eigenvalue weighted by Gasteiger charge is 2.34. The molecule has 1 heterocycles. The van der Waals surface area contributed by atoms with Crippen LogP contribution in [0, 0.1) is 0 Å². The van der Waals surface area contributed by atoms with E-state index in [1.54, 1.807) is 11.0 Å². The minimum absolute atomic E-state index is 0.0693. The Labute approximate surface area is 148 Å². The first-order valence-electron chi connectivity index (χ1n) is 8.04. The van der Waals surface area contributed by atoms with Crippen molar-refractivity contribution in [3.05, 3.63) is 18.2 Å². The Balaban J connectivity index is 2.10. The van der Waals surface area contributed by atoms with E-state index < -0.39 is 15.4 Å². The second-order valence-electron chi connectivity index (χ2n) is 6.50. The average molecular weight is 371 g/mol. The number of rotatable bonds is 6. The maximum atomic E-state index is 12.6. The topological polar surface area (TPSA) is 82.1 Å². The third-order valence-corrected chi connectivity index (χ3v) is 5.96. The highest BCUT2D eigenvalue weighted by Crippen LogP contribution is 2.30. The van der Waals surface area contributed by atoms with E-state index in [-0.39, 0.29) is 23.0 Å². The summed E-state index contributed by atoms with van der Waals surface area (Å²) >= 11 is 0. The summed E-state index contributed by atoms with van der Waals surface area (Å²) in [5.41, 5.74) is -0.428. The highest BCUT2D eigenvalue weighted by atomic mass is 32.2. The highest BCUT2D eigenvalue weighted by molar-refractivity contribution is 7.91. The Morgan fingerprint density at radius 1 is 1.24 bits per heavy atom. The number of benzene rings is 1. The zero-order chi connectivity index (χ0) is 18.7. The van der Waals surface area contributed by atoms with E-state index in [4.69, 9.17) is 14.2 Å². The molecule has 1 aromatic rings. The Hall–Kier alpha value is -1.80. The summed E-state index contributed by atoms with van der Waals surface area (Å²) in [6.45, 7) is 5.21. The third kappa shape index (κ3) is 4.43. The van der Waals surface area contributed by atoms with Gasteiger partial charge in [0.2, 0.25) is 5.91 Å². The first kappa shape index (κ1) is 19.5. The monoisotopic (exact) mass is 371 g/mol. The van der Waals surface area contributed by atoms with Gasteiger partial charge in [0, 0.05) is 19.0 Å². The molecule has 1 aliphatic heterocycles. The molecule has 140 valence electrons. The molecule has 0 aliphatic carbocycles. The lowest BCUT2D eigenvalue weighted by molar-refractivity contribution is -0.145. The van der Waals surface area contributed by atoms with Crippen LogP contribution in [0.15, 0.2) is 23.1 Å². The summed E-state index contributed by atoms with van der Waals surface area (Å²) in [7, 11) is -0.679. The maximum absolute atomic E-state index is 12.6. The molecule has 1 fully saturated rings. The van der Waals surface area contributed by atoms with E-state index in [1.165, 1.54) is 26.4 Å². The van der Waals surface area contributed by atoms with Gasteiger partial charge in [-0.15, -0.1) is 0 Å². The van der Waals surface area contributed by atoms with E-state index in [0.717, 1.165) is 0 Å². The molecule has 8 heteroatoms. The van der Waals surface area contributed by atoms with Crippen molar-refractivity contribution < 1.29 is 27.4 Å². The molecular weight excluding hydrogens is 346 g/mol. The smallest absolute Gasteiger partial charge is 0.224 e. The van der Waals surface area contributed by atoms with Crippen LogP contribution < -0.4 is 9.47 Å². The summed E-state index contributed by atoms with van der Waals surface area (Å²) in [6.07, 6.45) is -0.0693. The molecule has 2 rings (SSSR count). The molecule has 0 aromatic heterocycles. The van der Waals surface area contributed by atoms with E-state index in [1.807, 2.05) is 13.8 Å². The summed E-state index contributed by atoms with van der Waals surface area (Å²) in [4.78, 5) is 14.3. The van der Waals surface area contributed by atoms with Gasteiger partial charge in [-0.2, -0.15) is 0 Å². The second-order valence-corrected chi connectivity index (χ2v) is 8.61. The van der Waals surface area contributed by atoms with Crippen LogP contribution in [0.4, 0.5) is 0 Å². The standard InChI is InChI=1S/C17H25NO6S/c1-17(2)12-24-9-8-18(17)16(19)7-10-25(20,21)13-5-6-14(22-3)15(11-13)23-4/h5-6,11H,7-10,12H2,1-4H3. The van der Waals surface area contributed by atoms with Crippen LogP contribution in [0.1, 0.15) is 20.3 Å². The van der Waals surface area contributed by atoms with Crippen molar-refractivity contribution in [1.82, 2.24) is 4.90 Å². The molecule has 1 aliphatic rings. The summed E-state index contributed by atoms with van der Waals surface area (Å²) in [6, 6.07) is 4.41. The molecule has 25 heavy (non-hydrogen) atoms. The SMILES string of the molecule is COc1ccc(S(=O)(=O)CCC(=O)N2CCOCC2(C)C)cc1OC. The first-order valence-corrected chi connectivity index (χ1v) is 9.69. The van der Waals surface area contributed by atoms with Crippen LogP contribution >= 0.6 is 0 Å². The van der Waals surface area contributed by atoms with Crippen molar-refractivity contribution in [3.63, 3.8) is 0 Å². The summed E-state index contributed by atoms with van der Waals surface area (Å²) in [5, 5.41) is 0. The largest absolute Gasteiger partial charge is 0.493 e. The minimum Gasteiger partial charge on any atom is -0.493 e. The van der Waals surface area contributed by atoms with Gasteiger partial charge in [-0.25, -0.2) is 8.42 Å². The fraction of sp³-hybridized carbons (Fsp3) is 0.588. The number of morpholine rings is 1. The number of hydrogen-bond acceptors (Lipinski definition) is 6. The fourth-order valence-electron chi connectivity index (χ4n) is 2.81. The second kappa shape index (κ2) is 7.61. The molecule has 0 N–H and O–H groups in total. The van der Waals surface area contributed by atoms with Crippen LogP contribution in [-0.4, -0.2) is 64.5 Å². The van der Waals surface area contributed by atoms with Crippen molar-refractivity contribution in [1.29, 1.82) is 0 Å². The molecule has 0 radical (unpaired) electrons. The van der Waals surface area contributed by atoms with Crippen LogP contribution in [0.3, 0.4) is 0 Å². The zero-order valence-electron chi connectivity index (χ0n) is 15.1. The van der Waals surface area contributed by atoms with Crippen molar-refractivity contribution in [2.45, 2.75) is 30.7 Å². The molecule has 1 amide bonds. The minimum atomic E-state index is -3.60. The fourth-order valence-corrected chi connectivity index (χ4v) is 4.05. The van der Waals surface area contributed by atoms with Gasteiger partial charge in [0.25, 0.3) is 0 Å². The van der Waals surface area contributed by atoms with Gasteiger partial charge >= 0.3 is 0 Å². The molecule has 0 saturated carbocycles. The van der Waals surface area contributed by atoms with Gasteiger partial charge in [-0.05, 0) is 26.0 Å². The molecule has 7 nitrogen and oxygen atoms in total. The molecular formula is C17H25NO6S. The van der Waals surface area contributed by atoms with Gasteiger partial charge < -0.3 is 19.1 Å². The van der Waals surface area contributed by atoms with Crippen LogP contribution in [0.2, 0.25) is 0 Å². The summed E-state index contributed by atoms with van der Waals surface area (Å²) < 4.78 is 40.8. The maximum Gasteiger partial charge on any atom is 0.224 e. The quantitative estimate of drug-likeness (QED) is 0.754. The number of nitrogens with zero attached hydrogens (tertiary/aromatic N) is 1. The molecule has 1 saturated heterocycles. The molecule has 0 atom stereocenters. The number of carbonyl (C=O) groups is 1. The van der Waals surface area contributed by atoms with Crippen molar-refractivity contribution in [3.8, 4) is 11.5 Å².